The molecular weight excluding hydrogens is 386 g/mol. The van der Waals surface area contributed by atoms with Crippen molar-refractivity contribution in [1.82, 2.24) is 0 Å². The SMILES string of the molecule is CC.CCCCc1cc(C(=O)OC)c(NC(=O)COc2ccccc2Cl)s1. The largest absolute Gasteiger partial charge is 0.482 e. The van der Waals surface area contributed by atoms with Gasteiger partial charge in [-0.2, -0.15) is 0 Å². The predicted octanol–water partition coefficient (Wildman–Crippen LogP) is 5.57. The van der Waals surface area contributed by atoms with Gasteiger partial charge < -0.3 is 14.8 Å². The molecule has 0 unspecified atom stereocenters. The highest BCUT2D eigenvalue weighted by molar-refractivity contribution is 7.16. The van der Waals surface area contributed by atoms with Crippen LogP contribution in [0.5, 0.6) is 5.75 Å². The van der Waals surface area contributed by atoms with Crippen LogP contribution in [0, 0.1) is 0 Å². The molecule has 1 amide bonds. The number of thiophene rings is 1. The lowest BCUT2D eigenvalue weighted by molar-refractivity contribution is -0.118. The van der Waals surface area contributed by atoms with E-state index < -0.39 is 5.97 Å². The number of hydrogen-bond acceptors (Lipinski definition) is 5. The Hall–Kier alpha value is -2.05. The number of carbonyl (C=O) groups is 2. The van der Waals surface area contributed by atoms with E-state index in [1.807, 2.05) is 13.8 Å². The second-order valence-electron chi connectivity index (χ2n) is 5.32. The van der Waals surface area contributed by atoms with Gasteiger partial charge in [-0.05, 0) is 31.0 Å². The average molecular weight is 412 g/mol. The molecular formula is C20H26ClNO4S. The zero-order valence-corrected chi connectivity index (χ0v) is 17.7. The minimum absolute atomic E-state index is 0.202. The van der Waals surface area contributed by atoms with Crippen LogP contribution < -0.4 is 10.1 Å². The van der Waals surface area contributed by atoms with Gasteiger partial charge >= 0.3 is 5.97 Å². The molecule has 0 spiro atoms. The molecule has 5 nitrogen and oxygen atoms in total. The van der Waals surface area contributed by atoms with Crippen LogP contribution >= 0.6 is 22.9 Å². The van der Waals surface area contributed by atoms with Crippen molar-refractivity contribution in [3.8, 4) is 5.75 Å². The summed E-state index contributed by atoms with van der Waals surface area (Å²) in [6.45, 7) is 5.90. The Morgan fingerprint density at radius 2 is 1.93 bits per heavy atom. The molecule has 0 saturated carbocycles. The third kappa shape index (κ3) is 7.23. The van der Waals surface area contributed by atoms with Crippen LogP contribution in [0.1, 0.15) is 48.8 Å². The maximum absolute atomic E-state index is 12.2. The Balaban J connectivity index is 0.00000176. The molecule has 0 atom stereocenters. The number of esters is 1. The summed E-state index contributed by atoms with van der Waals surface area (Å²) in [6.07, 6.45) is 2.93. The summed E-state index contributed by atoms with van der Waals surface area (Å²) in [4.78, 5) is 25.1. The van der Waals surface area contributed by atoms with Crippen molar-refractivity contribution in [2.45, 2.75) is 40.0 Å². The Labute approximate surface area is 169 Å². The van der Waals surface area contributed by atoms with Crippen molar-refractivity contribution >= 4 is 39.8 Å². The highest BCUT2D eigenvalue weighted by atomic mass is 35.5. The molecule has 0 radical (unpaired) electrons. The van der Waals surface area contributed by atoms with E-state index in [0.29, 0.717) is 21.3 Å². The second-order valence-corrected chi connectivity index (χ2v) is 6.86. The molecule has 1 N–H and O–H groups in total. The number of aryl methyl sites for hydroxylation is 1. The Bertz CT molecular complexity index is 745. The molecule has 0 saturated heterocycles. The molecule has 1 aromatic carbocycles. The molecule has 148 valence electrons. The maximum atomic E-state index is 12.2. The van der Waals surface area contributed by atoms with E-state index in [0.717, 1.165) is 24.1 Å². The molecule has 2 rings (SSSR count). The third-order valence-electron chi connectivity index (χ3n) is 3.41. The van der Waals surface area contributed by atoms with Gasteiger partial charge in [0.1, 0.15) is 10.8 Å². The van der Waals surface area contributed by atoms with Crippen LogP contribution in [0.4, 0.5) is 5.00 Å². The van der Waals surface area contributed by atoms with Gasteiger partial charge in [0.2, 0.25) is 0 Å². The van der Waals surface area contributed by atoms with E-state index in [4.69, 9.17) is 21.1 Å². The summed E-state index contributed by atoms with van der Waals surface area (Å²) in [5.41, 5.74) is 0.365. The minimum atomic E-state index is -0.471. The fourth-order valence-electron chi connectivity index (χ4n) is 2.14. The zero-order chi connectivity index (χ0) is 20.2. The molecule has 0 aliphatic rings. The van der Waals surface area contributed by atoms with Crippen LogP contribution in [0.2, 0.25) is 5.02 Å². The number of hydrogen-bond donors (Lipinski definition) is 1. The first-order chi connectivity index (χ1) is 13.0. The molecule has 0 fully saturated rings. The number of benzene rings is 1. The summed E-state index contributed by atoms with van der Waals surface area (Å²) in [5, 5.41) is 3.63. The van der Waals surface area contributed by atoms with Crippen LogP contribution in [0.15, 0.2) is 30.3 Å². The van der Waals surface area contributed by atoms with Gasteiger partial charge in [0.15, 0.2) is 6.61 Å². The summed E-state index contributed by atoms with van der Waals surface area (Å²) >= 11 is 7.37. The standard InChI is InChI=1S/C18H20ClNO4S.C2H6/c1-3-4-7-12-10-13(18(22)23-2)17(25-12)20-16(21)11-24-15-9-6-5-8-14(15)19;1-2/h5-6,8-10H,3-4,7,11H2,1-2H3,(H,20,21);1-2H3. The quantitative estimate of drug-likeness (QED) is 0.576. The zero-order valence-electron chi connectivity index (χ0n) is 16.1. The maximum Gasteiger partial charge on any atom is 0.340 e. The van der Waals surface area contributed by atoms with Gasteiger partial charge in [0.25, 0.3) is 5.91 Å². The van der Waals surface area contributed by atoms with Crippen LogP contribution in [-0.2, 0) is 16.0 Å². The van der Waals surface area contributed by atoms with E-state index in [1.165, 1.54) is 18.4 Å². The molecule has 0 aliphatic heterocycles. The van der Waals surface area contributed by atoms with E-state index in [2.05, 4.69) is 12.2 Å². The fourth-order valence-corrected chi connectivity index (χ4v) is 3.43. The topological polar surface area (TPSA) is 64.6 Å². The summed E-state index contributed by atoms with van der Waals surface area (Å²) in [7, 11) is 1.32. The van der Waals surface area contributed by atoms with Crippen molar-refractivity contribution in [3.05, 3.63) is 45.8 Å². The number of amides is 1. The number of para-hydroxylation sites is 1. The number of rotatable bonds is 8. The molecule has 0 bridgehead atoms. The van der Waals surface area contributed by atoms with Crippen molar-refractivity contribution in [1.29, 1.82) is 0 Å². The highest BCUT2D eigenvalue weighted by Gasteiger charge is 2.18. The average Bonchev–Trinajstić information content (AvgIpc) is 3.09. The minimum Gasteiger partial charge on any atom is -0.482 e. The van der Waals surface area contributed by atoms with Crippen molar-refractivity contribution in [2.24, 2.45) is 0 Å². The summed E-state index contributed by atoms with van der Waals surface area (Å²) < 4.78 is 10.2. The number of nitrogens with one attached hydrogen (secondary N) is 1. The molecule has 1 aromatic heterocycles. The lowest BCUT2D eigenvalue weighted by Crippen LogP contribution is -2.21. The Kier molecular flexibility index (Phi) is 10.5. The molecule has 7 heteroatoms. The van der Waals surface area contributed by atoms with Crippen molar-refractivity contribution in [3.63, 3.8) is 0 Å². The Morgan fingerprint density at radius 3 is 2.56 bits per heavy atom. The first-order valence-electron chi connectivity index (χ1n) is 8.93. The highest BCUT2D eigenvalue weighted by Crippen LogP contribution is 2.30. The van der Waals surface area contributed by atoms with Crippen LogP contribution in [0.3, 0.4) is 0 Å². The Morgan fingerprint density at radius 1 is 1.22 bits per heavy atom. The molecule has 2 aromatic rings. The lowest BCUT2D eigenvalue weighted by Gasteiger charge is -2.08. The first kappa shape index (κ1) is 23.0. The number of unbranched alkanes of at least 4 members (excludes halogenated alkanes) is 1. The van der Waals surface area contributed by atoms with Gasteiger partial charge in [-0.1, -0.05) is 50.9 Å². The smallest absolute Gasteiger partial charge is 0.340 e. The summed E-state index contributed by atoms with van der Waals surface area (Å²) in [6, 6.07) is 8.69. The van der Waals surface area contributed by atoms with E-state index >= 15 is 0 Å². The summed E-state index contributed by atoms with van der Waals surface area (Å²) in [5.74, 6) is -0.405. The van der Waals surface area contributed by atoms with Crippen LogP contribution in [-0.4, -0.2) is 25.6 Å². The van der Waals surface area contributed by atoms with E-state index in [-0.39, 0.29) is 12.5 Å². The normalized spacial score (nSPS) is 9.81. The second kappa shape index (κ2) is 12.4. The van der Waals surface area contributed by atoms with Gasteiger partial charge in [0.05, 0.1) is 17.7 Å². The monoisotopic (exact) mass is 411 g/mol. The van der Waals surface area contributed by atoms with Crippen LogP contribution in [0.25, 0.3) is 0 Å². The third-order valence-corrected chi connectivity index (χ3v) is 4.84. The van der Waals surface area contributed by atoms with Gasteiger partial charge in [-0.25, -0.2) is 4.79 Å². The number of halogens is 1. The number of carbonyl (C=O) groups excluding carboxylic acids is 2. The fraction of sp³-hybridized carbons (Fsp3) is 0.400. The predicted molar refractivity (Wildman–Crippen MR) is 111 cm³/mol. The van der Waals surface area contributed by atoms with Gasteiger partial charge in [-0.15, -0.1) is 11.3 Å². The first-order valence-corrected chi connectivity index (χ1v) is 10.1. The van der Waals surface area contributed by atoms with Crippen molar-refractivity contribution in [2.75, 3.05) is 19.0 Å². The van der Waals surface area contributed by atoms with Gasteiger partial charge in [-0.3, -0.25) is 4.79 Å². The molecule has 27 heavy (non-hydrogen) atoms. The number of ether oxygens (including phenoxy) is 2. The van der Waals surface area contributed by atoms with Gasteiger partial charge in [0, 0.05) is 4.88 Å². The molecule has 1 heterocycles. The molecule has 0 aliphatic carbocycles. The lowest BCUT2D eigenvalue weighted by atomic mass is 10.2. The van der Waals surface area contributed by atoms with Crippen molar-refractivity contribution < 1.29 is 19.1 Å². The number of methoxy groups -OCH3 is 1. The van der Waals surface area contributed by atoms with E-state index in [9.17, 15) is 9.59 Å². The van der Waals surface area contributed by atoms with E-state index in [1.54, 1.807) is 30.3 Å². The number of anilines is 1.